The van der Waals surface area contributed by atoms with E-state index in [0.29, 0.717) is 0 Å². The van der Waals surface area contributed by atoms with Crippen LogP contribution in [0.1, 0.15) is 0 Å². The standard InChI is InChI=1S/C3H2F7N/c4-2(5,6)1(11-10)3(7,8)9/h1,11H. The van der Waals surface area contributed by atoms with Crippen LogP contribution in [-0.2, 0) is 0 Å². The van der Waals surface area contributed by atoms with E-state index in [2.05, 4.69) is 0 Å². The van der Waals surface area contributed by atoms with Crippen molar-refractivity contribution in [3.05, 3.63) is 0 Å². The van der Waals surface area contributed by atoms with Crippen molar-refractivity contribution in [3.8, 4) is 0 Å². The van der Waals surface area contributed by atoms with Gasteiger partial charge >= 0.3 is 12.4 Å². The van der Waals surface area contributed by atoms with Crippen molar-refractivity contribution in [1.29, 1.82) is 0 Å². The molecule has 0 saturated heterocycles. The maximum atomic E-state index is 11.2. The Morgan fingerprint density at radius 3 is 1.09 bits per heavy atom. The van der Waals surface area contributed by atoms with Gasteiger partial charge in [0.25, 0.3) is 0 Å². The number of nitrogens with one attached hydrogen (secondary N) is 1. The number of alkyl halides is 6. The SMILES string of the molecule is FNC(C(F)(F)F)C(F)(F)F. The number of halogens is 7. The Morgan fingerprint density at radius 1 is 0.818 bits per heavy atom. The van der Waals surface area contributed by atoms with Crippen LogP contribution in [0.4, 0.5) is 30.8 Å². The number of hydrogen-bond acceptors (Lipinski definition) is 1. The van der Waals surface area contributed by atoms with Gasteiger partial charge in [-0.2, -0.15) is 26.3 Å². The summed E-state index contributed by atoms with van der Waals surface area (Å²) >= 11 is 0. The van der Waals surface area contributed by atoms with Gasteiger partial charge in [0.15, 0.2) is 0 Å². The first-order valence-electron chi connectivity index (χ1n) is 2.19. The third kappa shape index (κ3) is 2.91. The van der Waals surface area contributed by atoms with Crippen LogP contribution < -0.4 is 5.54 Å². The predicted molar refractivity (Wildman–Crippen MR) is 20.1 cm³/mol. The highest BCUT2D eigenvalue weighted by molar-refractivity contribution is 4.78. The van der Waals surface area contributed by atoms with Crippen LogP contribution in [-0.4, -0.2) is 18.4 Å². The van der Waals surface area contributed by atoms with Crippen LogP contribution in [0.5, 0.6) is 0 Å². The molecule has 1 nitrogen and oxygen atoms in total. The van der Waals surface area contributed by atoms with E-state index in [1.165, 1.54) is 0 Å². The van der Waals surface area contributed by atoms with Crippen molar-refractivity contribution >= 4 is 0 Å². The Morgan fingerprint density at radius 2 is 1.09 bits per heavy atom. The van der Waals surface area contributed by atoms with E-state index in [9.17, 15) is 30.8 Å². The van der Waals surface area contributed by atoms with Gasteiger partial charge < -0.3 is 0 Å². The van der Waals surface area contributed by atoms with Crippen molar-refractivity contribution < 1.29 is 30.8 Å². The molecule has 0 atom stereocenters. The number of hydrogen-bond donors (Lipinski definition) is 1. The summed E-state index contributed by atoms with van der Waals surface area (Å²) in [6.45, 7) is 0. The van der Waals surface area contributed by atoms with Crippen molar-refractivity contribution in [2.45, 2.75) is 18.4 Å². The Hall–Kier alpha value is -0.530. The fraction of sp³-hybridized carbons (Fsp3) is 1.00. The first-order valence-corrected chi connectivity index (χ1v) is 2.19. The van der Waals surface area contributed by atoms with E-state index in [0.717, 1.165) is 0 Å². The van der Waals surface area contributed by atoms with Gasteiger partial charge in [0, 0.05) is 0 Å². The average molecular weight is 185 g/mol. The summed E-state index contributed by atoms with van der Waals surface area (Å²) in [5.41, 5.74) is -0.368. The molecule has 0 spiro atoms. The molecule has 11 heavy (non-hydrogen) atoms. The van der Waals surface area contributed by atoms with E-state index in [-0.39, 0.29) is 5.54 Å². The van der Waals surface area contributed by atoms with E-state index >= 15 is 0 Å². The molecule has 0 radical (unpaired) electrons. The van der Waals surface area contributed by atoms with Crippen LogP contribution >= 0.6 is 0 Å². The molecule has 0 aromatic heterocycles. The molecule has 1 N–H and O–H groups in total. The van der Waals surface area contributed by atoms with Crippen molar-refractivity contribution in [3.63, 3.8) is 0 Å². The summed E-state index contributed by atoms with van der Waals surface area (Å²) in [5, 5.41) is 0. The zero-order valence-corrected chi connectivity index (χ0v) is 4.72. The Balaban J connectivity index is 4.43. The Bertz CT molecular complexity index is 109. The van der Waals surface area contributed by atoms with Gasteiger partial charge in [0.05, 0.1) is 0 Å². The Kier molecular flexibility index (Phi) is 2.70. The molecule has 0 aromatic rings. The van der Waals surface area contributed by atoms with Crippen LogP contribution in [0, 0.1) is 0 Å². The summed E-state index contributed by atoms with van der Waals surface area (Å²) in [6, 6.07) is -4.10. The molecular weight excluding hydrogens is 183 g/mol. The molecule has 0 aliphatic carbocycles. The highest BCUT2D eigenvalue weighted by atomic mass is 19.4. The molecule has 0 aliphatic rings. The zero-order valence-electron chi connectivity index (χ0n) is 4.72. The summed E-state index contributed by atoms with van der Waals surface area (Å²) in [6.07, 6.45) is -11.3. The lowest BCUT2D eigenvalue weighted by molar-refractivity contribution is -0.268. The number of rotatable bonds is 1. The summed E-state index contributed by atoms with van der Waals surface area (Å²) in [7, 11) is 0. The zero-order chi connectivity index (χ0) is 9.28. The first-order chi connectivity index (χ1) is 4.69. The van der Waals surface area contributed by atoms with Crippen LogP contribution in [0.2, 0.25) is 0 Å². The third-order valence-corrected chi connectivity index (χ3v) is 0.764. The third-order valence-electron chi connectivity index (χ3n) is 0.764. The topological polar surface area (TPSA) is 12.0 Å². The van der Waals surface area contributed by atoms with Gasteiger partial charge in [-0.3, -0.25) is 0 Å². The first kappa shape index (κ1) is 10.5. The molecule has 0 aliphatic heterocycles. The minimum atomic E-state index is -5.66. The molecule has 0 unspecified atom stereocenters. The fourth-order valence-electron chi connectivity index (χ4n) is 0.309. The van der Waals surface area contributed by atoms with Gasteiger partial charge in [0.2, 0.25) is 6.04 Å². The minimum absolute atomic E-state index is 0.368. The maximum Gasteiger partial charge on any atom is 0.415 e. The highest BCUT2D eigenvalue weighted by Gasteiger charge is 2.57. The average Bonchev–Trinajstić information content (AvgIpc) is 1.56. The summed E-state index contributed by atoms with van der Waals surface area (Å²) < 4.78 is 78.1. The quantitative estimate of drug-likeness (QED) is 0.486. The van der Waals surface area contributed by atoms with Gasteiger partial charge in [-0.25, -0.2) is 0 Å². The van der Waals surface area contributed by atoms with Gasteiger partial charge in [0.1, 0.15) is 0 Å². The van der Waals surface area contributed by atoms with E-state index in [1.54, 1.807) is 0 Å². The fourth-order valence-corrected chi connectivity index (χ4v) is 0.309. The lowest BCUT2D eigenvalue weighted by atomic mass is 10.3. The van der Waals surface area contributed by atoms with Crippen LogP contribution in [0.25, 0.3) is 0 Å². The molecule has 0 saturated carbocycles. The normalized spacial score (nSPS) is 14.2. The van der Waals surface area contributed by atoms with Crippen molar-refractivity contribution in [2.24, 2.45) is 0 Å². The second-order valence-electron chi connectivity index (χ2n) is 1.63. The van der Waals surface area contributed by atoms with E-state index < -0.39 is 18.4 Å². The van der Waals surface area contributed by atoms with E-state index in [4.69, 9.17) is 0 Å². The van der Waals surface area contributed by atoms with E-state index in [1.807, 2.05) is 0 Å². The second kappa shape index (κ2) is 2.84. The summed E-state index contributed by atoms with van der Waals surface area (Å²) in [4.78, 5) is 0. The molecule has 0 aromatic carbocycles. The Labute approximate surface area is 56.1 Å². The second-order valence-corrected chi connectivity index (χ2v) is 1.63. The molecule has 0 rings (SSSR count). The largest absolute Gasteiger partial charge is 0.415 e. The molecule has 0 fully saturated rings. The van der Waals surface area contributed by atoms with Crippen molar-refractivity contribution in [2.75, 3.05) is 0 Å². The van der Waals surface area contributed by atoms with Crippen molar-refractivity contribution in [1.82, 2.24) is 5.54 Å². The lowest BCUT2D eigenvalue weighted by Crippen LogP contribution is -2.49. The lowest BCUT2D eigenvalue weighted by Gasteiger charge is -2.19. The van der Waals surface area contributed by atoms with Gasteiger partial charge in [-0.05, 0) is 0 Å². The maximum absolute atomic E-state index is 11.2. The molecule has 0 heterocycles. The smallest absolute Gasteiger partial charge is 0.169 e. The molecule has 0 amide bonds. The van der Waals surface area contributed by atoms with Crippen LogP contribution in [0.15, 0.2) is 0 Å². The summed E-state index contributed by atoms with van der Waals surface area (Å²) in [5.74, 6) is 0. The van der Waals surface area contributed by atoms with Gasteiger partial charge in [-0.15, -0.1) is 10.0 Å². The minimum Gasteiger partial charge on any atom is -0.169 e. The molecule has 68 valence electrons. The molecule has 8 heteroatoms. The predicted octanol–water partition coefficient (Wildman–Crippen LogP) is 1.95. The highest BCUT2D eigenvalue weighted by Crippen LogP contribution is 2.32. The molecular formula is C3H2F7N. The van der Waals surface area contributed by atoms with Gasteiger partial charge in [-0.1, -0.05) is 0 Å². The molecule has 0 bridgehead atoms. The monoisotopic (exact) mass is 185 g/mol. The van der Waals surface area contributed by atoms with Crippen LogP contribution in [0.3, 0.4) is 0 Å².